The van der Waals surface area contributed by atoms with E-state index >= 15 is 0 Å². The Balaban J connectivity index is 1.02. The lowest BCUT2D eigenvalue weighted by molar-refractivity contribution is 0.668. The second-order valence-electron chi connectivity index (χ2n) is 15.3. The second-order valence-corrected chi connectivity index (χ2v) is 15.3. The summed E-state index contributed by atoms with van der Waals surface area (Å²) in [6.07, 6.45) is 0.671. The maximum Gasteiger partial charge on any atom is 0.155 e. The molecule has 0 aliphatic carbocycles. The lowest BCUT2D eigenvalue weighted by Crippen LogP contribution is -2.17. The quantitative estimate of drug-likeness (QED) is 0.173. The van der Waals surface area contributed by atoms with Gasteiger partial charge in [0.1, 0.15) is 11.2 Å². The third-order valence-electron chi connectivity index (χ3n) is 11.9. The predicted molar refractivity (Wildman–Crippen MR) is 242 cm³/mol. The molecule has 0 fully saturated rings. The van der Waals surface area contributed by atoms with Crippen molar-refractivity contribution in [3.8, 4) is 16.8 Å². The van der Waals surface area contributed by atoms with Crippen LogP contribution >= 0.6 is 0 Å². The van der Waals surface area contributed by atoms with E-state index in [1.165, 1.54) is 49.0 Å². The normalized spacial score (nSPS) is 14.5. The fourth-order valence-corrected chi connectivity index (χ4v) is 9.17. The molecule has 1 atom stereocenters. The number of para-hydroxylation sites is 1. The van der Waals surface area contributed by atoms with E-state index in [2.05, 4.69) is 199 Å². The zero-order valence-electron chi connectivity index (χ0n) is 31.5. The van der Waals surface area contributed by atoms with Crippen molar-refractivity contribution in [2.24, 2.45) is 9.98 Å². The van der Waals surface area contributed by atoms with Gasteiger partial charge in [-0.15, -0.1) is 0 Å². The predicted octanol–water partition coefficient (Wildman–Crippen LogP) is 14.0. The second kappa shape index (κ2) is 13.0. The average molecular weight is 742 g/mol. The molecule has 12 rings (SSSR count). The van der Waals surface area contributed by atoms with Crippen molar-refractivity contribution in [3.05, 3.63) is 211 Å². The summed E-state index contributed by atoms with van der Waals surface area (Å²) in [5.41, 5.74) is 11.8. The topological polar surface area (TPSA) is 42.8 Å². The van der Waals surface area contributed by atoms with Gasteiger partial charge in [0.05, 0.1) is 22.8 Å². The summed E-state index contributed by atoms with van der Waals surface area (Å²) < 4.78 is 9.13. The van der Waals surface area contributed by atoms with Gasteiger partial charge in [0.15, 0.2) is 5.84 Å². The van der Waals surface area contributed by atoms with Gasteiger partial charge in [-0.05, 0) is 80.7 Å². The molecule has 1 aliphatic rings. The number of rotatable bonds is 5. The van der Waals surface area contributed by atoms with Gasteiger partial charge in [-0.2, -0.15) is 0 Å². The Kier molecular flexibility index (Phi) is 7.32. The Morgan fingerprint density at radius 3 is 2.03 bits per heavy atom. The Hall–Kier alpha value is -7.56. The molecule has 58 heavy (non-hydrogen) atoms. The van der Waals surface area contributed by atoms with Crippen LogP contribution in [0.1, 0.15) is 29.2 Å². The minimum absolute atomic E-state index is 0.102. The maximum absolute atomic E-state index is 6.76. The van der Waals surface area contributed by atoms with Crippen molar-refractivity contribution < 1.29 is 4.42 Å². The molecule has 0 bridgehead atoms. The van der Waals surface area contributed by atoms with E-state index in [1.54, 1.807) is 0 Å². The van der Waals surface area contributed by atoms with Crippen molar-refractivity contribution >= 4 is 76.8 Å². The number of hydrogen-bond donors (Lipinski definition) is 0. The summed E-state index contributed by atoms with van der Waals surface area (Å²) in [5.74, 6) is 0.749. The van der Waals surface area contributed by atoms with Gasteiger partial charge < -0.3 is 8.98 Å². The molecule has 272 valence electrons. The fraction of sp³-hybridized carbons (Fsp3) is 0.0370. The van der Waals surface area contributed by atoms with Gasteiger partial charge in [0.2, 0.25) is 0 Å². The van der Waals surface area contributed by atoms with E-state index in [-0.39, 0.29) is 6.04 Å². The van der Waals surface area contributed by atoms with E-state index in [0.717, 1.165) is 61.3 Å². The number of hydrogen-bond acceptors (Lipinski definition) is 3. The van der Waals surface area contributed by atoms with E-state index in [1.807, 2.05) is 0 Å². The first-order valence-corrected chi connectivity index (χ1v) is 19.9. The summed E-state index contributed by atoms with van der Waals surface area (Å²) in [7, 11) is 0. The molecule has 0 saturated heterocycles. The zero-order valence-corrected chi connectivity index (χ0v) is 31.5. The Bertz CT molecular complexity index is 3500. The minimum Gasteiger partial charge on any atom is -0.456 e. The van der Waals surface area contributed by atoms with Crippen molar-refractivity contribution in [2.75, 3.05) is 0 Å². The third-order valence-corrected chi connectivity index (χ3v) is 11.9. The number of fused-ring (bicyclic) bond motifs is 8. The Morgan fingerprint density at radius 2 is 1.17 bits per heavy atom. The molecule has 11 aromatic rings. The smallest absolute Gasteiger partial charge is 0.155 e. The highest BCUT2D eigenvalue weighted by Crippen LogP contribution is 2.41. The van der Waals surface area contributed by atoms with Crippen molar-refractivity contribution in [1.29, 1.82) is 0 Å². The minimum atomic E-state index is -0.102. The van der Waals surface area contributed by atoms with Crippen LogP contribution in [-0.4, -0.2) is 16.1 Å². The lowest BCUT2D eigenvalue weighted by atomic mass is 9.92. The summed E-state index contributed by atoms with van der Waals surface area (Å²) in [5, 5.41) is 9.43. The first-order chi connectivity index (χ1) is 28.7. The first-order valence-electron chi connectivity index (χ1n) is 19.9. The van der Waals surface area contributed by atoms with Crippen LogP contribution < -0.4 is 0 Å². The number of nitrogens with zero attached hydrogens (tertiary/aromatic N) is 3. The van der Waals surface area contributed by atoms with Gasteiger partial charge in [0, 0.05) is 50.8 Å². The zero-order chi connectivity index (χ0) is 38.2. The monoisotopic (exact) mass is 741 g/mol. The fourth-order valence-electron chi connectivity index (χ4n) is 9.17. The molecule has 0 radical (unpaired) electrons. The van der Waals surface area contributed by atoms with E-state index in [9.17, 15) is 0 Å². The summed E-state index contributed by atoms with van der Waals surface area (Å²) in [4.78, 5) is 10.7. The molecule has 2 aromatic heterocycles. The van der Waals surface area contributed by atoms with E-state index in [4.69, 9.17) is 14.4 Å². The van der Waals surface area contributed by atoms with Crippen LogP contribution in [0.5, 0.6) is 0 Å². The number of aliphatic imine (C=N–C) groups is 2. The number of aromatic nitrogens is 1. The van der Waals surface area contributed by atoms with Crippen molar-refractivity contribution in [2.45, 2.75) is 12.5 Å². The molecule has 4 nitrogen and oxygen atoms in total. The van der Waals surface area contributed by atoms with E-state index in [0.29, 0.717) is 6.42 Å². The van der Waals surface area contributed by atoms with Gasteiger partial charge in [-0.3, -0.25) is 4.99 Å². The SMILES string of the molecule is c1ccc(-c2cccc3c2c2ccccc2n3-c2ccc3c(c2)oc2cccc(C4=NC(c5ccc6ccccc6c5)=NC(c5ccc6ccccc6c5)C4)c23)cc1. The highest BCUT2D eigenvalue weighted by atomic mass is 16.3. The van der Waals surface area contributed by atoms with Crippen LogP contribution in [0.3, 0.4) is 0 Å². The van der Waals surface area contributed by atoms with Gasteiger partial charge in [-0.25, -0.2) is 4.99 Å². The molecule has 4 heteroatoms. The number of benzene rings is 9. The maximum atomic E-state index is 6.76. The van der Waals surface area contributed by atoms with Gasteiger partial charge in [-0.1, -0.05) is 146 Å². The average Bonchev–Trinajstić information content (AvgIpc) is 3.84. The number of amidine groups is 1. The molecule has 0 N–H and O–H groups in total. The Labute approximate surface area is 334 Å². The van der Waals surface area contributed by atoms with Crippen LogP contribution in [0.25, 0.3) is 82.1 Å². The van der Waals surface area contributed by atoms with E-state index < -0.39 is 0 Å². The summed E-state index contributed by atoms with van der Waals surface area (Å²) in [6, 6.07) is 69.2. The van der Waals surface area contributed by atoms with Gasteiger partial charge >= 0.3 is 0 Å². The molecular weight excluding hydrogens is 707 g/mol. The van der Waals surface area contributed by atoms with Crippen molar-refractivity contribution in [3.63, 3.8) is 0 Å². The highest BCUT2D eigenvalue weighted by molar-refractivity contribution is 6.23. The van der Waals surface area contributed by atoms with Crippen LogP contribution in [-0.2, 0) is 0 Å². The molecule has 1 unspecified atom stereocenters. The molecule has 0 amide bonds. The summed E-state index contributed by atoms with van der Waals surface area (Å²) >= 11 is 0. The largest absolute Gasteiger partial charge is 0.456 e. The molecule has 0 spiro atoms. The molecular formula is C54H35N3O. The van der Waals surface area contributed by atoms with Gasteiger partial charge in [0.25, 0.3) is 0 Å². The lowest BCUT2D eigenvalue weighted by Gasteiger charge is -2.22. The third kappa shape index (κ3) is 5.23. The van der Waals surface area contributed by atoms with Crippen LogP contribution in [0.15, 0.2) is 209 Å². The van der Waals surface area contributed by atoms with Crippen LogP contribution in [0.4, 0.5) is 0 Å². The first kappa shape index (κ1) is 32.7. The van der Waals surface area contributed by atoms with Crippen LogP contribution in [0.2, 0.25) is 0 Å². The Morgan fingerprint density at radius 1 is 0.466 bits per heavy atom. The summed E-state index contributed by atoms with van der Waals surface area (Å²) in [6.45, 7) is 0. The molecule has 0 saturated carbocycles. The van der Waals surface area contributed by atoms with Crippen LogP contribution in [0, 0.1) is 0 Å². The molecule has 1 aliphatic heterocycles. The highest BCUT2D eigenvalue weighted by Gasteiger charge is 2.25. The number of furan rings is 1. The molecule has 9 aromatic carbocycles. The standard InChI is InChI=1S/C54H35N3O/c1-2-14-36(15-3-1)42-19-10-22-49-52(42)44-18-8-9-21-48(44)57(49)41-28-29-45-51(32-41)58-50-23-11-20-43(53(45)50)47-33-46(39-26-24-34-12-4-6-16-37(34)30-39)55-54(56-47)40-27-25-35-13-5-7-17-38(35)31-40/h1-32,46H,33H2. The van der Waals surface area contributed by atoms with Crippen molar-refractivity contribution in [1.82, 2.24) is 4.57 Å². The molecule has 3 heterocycles.